The van der Waals surface area contributed by atoms with Crippen LogP contribution in [0.15, 0.2) is 47.2 Å². The third-order valence-corrected chi connectivity index (χ3v) is 4.06. The SMILES string of the molecule is CC(C)c1noc(-c2ccnc(NC(C)c3nnc4ccccn34)c2)n1. The van der Waals surface area contributed by atoms with Crippen molar-refractivity contribution in [3.63, 3.8) is 0 Å². The summed E-state index contributed by atoms with van der Waals surface area (Å²) >= 11 is 0. The first-order valence-electron chi connectivity index (χ1n) is 8.48. The third-order valence-electron chi connectivity index (χ3n) is 4.06. The Morgan fingerprint density at radius 2 is 2.00 bits per heavy atom. The summed E-state index contributed by atoms with van der Waals surface area (Å²) in [5.41, 5.74) is 1.63. The Morgan fingerprint density at radius 1 is 1.12 bits per heavy atom. The largest absolute Gasteiger partial charge is 0.360 e. The lowest BCUT2D eigenvalue weighted by atomic mass is 10.2. The Morgan fingerprint density at radius 3 is 2.81 bits per heavy atom. The fraction of sp³-hybridized carbons (Fsp3) is 0.278. The van der Waals surface area contributed by atoms with Gasteiger partial charge in [-0.25, -0.2) is 4.98 Å². The topological polar surface area (TPSA) is 94.0 Å². The summed E-state index contributed by atoms with van der Waals surface area (Å²) in [6, 6.07) is 9.46. The van der Waals surface area contributed by atoms with Gasteiger partial charge in [0.1, 0.15) is 5.82 Å². The molecular formula is C18H19N7O. The number of fused-ring (bicyclic) bond motifs is 1. The molecule has 4 rings (SSSR count). The first-order chi connectivity index (χ1) is 12.6. The zero-order valence-corrected chi connectivity index (χ0v) is 14.8. The molecule has 0 saturated carbocycles. The van der Waals surface area contributed by atoms with Crippen molar-refractivity contribution >= 4 is 11.5 Å². The molecule has 1 unspecified atom stereocenters. The van der Waals surface area contributed by atoms with Gasteiger partial charge in [0.2, 0.25) is 0 Å². The molecule has 0 radical (unpaired) electrons. The van der Waals surface area contributed by atoms with Gasteiger partial charge in [0.15, 0.2) is 17.3 Å². The van der Waals surface area contributed by atoms with Crippen molar-refractivity contribution in [2.45, 2.75) is 32.7 Å². The second kappa shape index (κ2) is 6.55. The highest BCUT2D eigenvalue weighted by Crippen LogP contribution is 2.23. The Balaban J connectivity index is 1.58. The molecule has 0 aliphatic carbocycles. The van der Waals surface area contributed by atoms with Gasteiger partial charge in [-0.1, -0.05) is 25.1 Å². The summed E-state index contributed by atoms with van der Waals surface area (Å²) in [6.07, 6.45) is 3.66. The van der Waals surface area contributed by atoms with E-state index < -0.39 is 0 Å². The van der Waals surface area contributed by atoms with Crippen LogP contribution in [0.25, 0.3) is 17.1 Å². The van der Waals surface area contributed by atoms with Crippen molar-refractivity contribution in [1.29, 1.82) is 0 Å². The van der Waals surface area contributed by atoms with Crippen LogP contribution in [-0.2, 0) is 0 Å². The fourth-order valence-electron chi connectivity index (χ4n) is 2.67. The Bertz CT molecular complexity index is 1040. The summed E-state index contributed by atoms with van der Waals surface area (Å²) in [4.78, 5) is 8.81. The molecule has 4 aromatic heterocycles. The van der Waals surface area contributed by atoms with Crippen LogP contribution in [0.3, 0.4) is 0 Å². The van der Waals surface area contributed by atoms with Gasteiger partial charge in [0.05, 0.1) is 6.04 Å². The molecule has 0 aromatic carbocycles. The highest BCUT2D eigenvalue weighted by molar-refractivity contribution is 5.58. The smallest absolute Gasteiger partial charge is 0.258 e. The molecule has 26 heavy (non-hydrogen) atoms. The quantitative estimate of drug-likeness (QED) is 0.589. The first-order valence-corrected chi connectivity index (χ1v) is 8.48. The predicted octanol–water partition coefficient (Wildman–Crippen LogP) is 3.47. The van der Waals surface area contributed by atoms with Crippen molar-refractivity contribution in [2.75, 3.05) is 5.32 Å². The van der Waals surface area contributed by atoms with E-state index in [1.165, 1.54) is 0 Å². The van der Waals surface area contributed by atoms with Crippen LogP contribution in [0.4, 0.5) is 5.82 Å². The zero-order chi connectivity index (χ0) is 18.1. The molecule has 1 atom stereocenters. The van der Waals surface area contributed by atoms with E-state index in [2.05, 4.69) is 30.6 Å². The van der Waals surface area contributed by atoms with Gasteiger partial charge in [-0.3, -0.25) is 4.40 Å². The summed E-state index contributed by atoms with van der Waals surface area (Å²) in [7, 11) is 0. The van der Waals surface area contributed by atoms with Gasteiger partial charge >= 0.3 is 0 Å². The number of rotatable bonds is 5. The molecule has 8 heteroatoms. The molecule has 0 bridgehead atoms. The van der Waals surface area contributed by atoms with Crippen LogP contribution >= 0.6 is 0 Å². The van der Waals surface area contributed by atoms with E-state index in [4.69, 9.17) is 4.52 Å². The number of nitrogens with one attached hydrogen (secondary N) is 1. The summed E-state index contributed by atoms with van der Waals surface area (Å²) < 4.78 is 7.31. The van der Waals surface area contributed by atoms with Crippen LogP contribution in [0.5, 0.6) is 0 Å². The molecule has 132 valence electrons. The molecule has 0 spiro atoms. The van der Waals surface area contributed by atoms with Gasteiger partial charge in [0, 0.05) is 23.9 Å². The van der Waals surface area contributed by atoms with Crippen molar-refractivity contribution in [3.05, 3.63) is 54.4 Å². The standard InChI is InChI=1S/C18H19N7O/c1-11(2)16-21-18(26-24-16)13-7-8-19-14(10-13)20-12(3)17-23-22-15-6-4-5-9-25(15)17/h4-12H,1-3H3,(H,19,20). The van der Waals surface area contributed by atoms with Gasteiger partial charge in [0.25, 0.3) is 5.89 Å². The monoisotopic (exact) mass is 349 g/mol. The van der Waals surface area contributed by atoms with Crippen molar-refractivity contribution in [1.82, 2.24) is 29.7 Å². The average Bonchev–Trinajstić information content (AvgIpc) is 3.29. The third kappa shape index (κ3) is 3.01. The Kier molecular flexibility index (Phi) is 4.08. The maximum atomic E-state index is 5.36. The number of nitrogens with zero attached hydrogens (tertiary/aromatic N) is 6. The molecule has 4 heterocycles. The van der Waals surface area contributed by atoms with E-state index in [9.17, 15) is 0 Å². The first kappa shape index (κ1) is 16.2. The molecule has 4 aromatic rings. The van der Waals surface area contributed by atoms with Crippen molar-refractivity contribution in [3.8, 4) is 11.5 Å². The van der Waals surface area contributed by atoms with Crippen LogP contribution in [0, 0.1) is 0 Å². The molecular weight excluding hydrogens is 330 g/mol. The molecule has 0 amide bonds. The van der Waals surface area contributed by atoms with Crippen molar-refractivity contribution in [2.24, 2.45) is 0 Å². The van der Waals surface area contributed by atoms with E-state index in [-0.39, 0.29) is 12.0 Å². The van der Waals surface area contributed by atoms with Crippen LogP contribution in [0.2, 0.25) is 0 Å². The summed E-state index contributed by atoms with van der Waals surface area (Å²) in [6.45, 7) is 6.07. The Labute approximate surface area is 150 Å². The van der Waals surface area contributed by atoms with Gasteiger partial charge in [-0.15, -0.1) is 10.2 Å². The zero-order valence-electron chi connectivity index (χ0n) is 14.8. The van der Waals surface area contributed by atoms with Crippen LogP contribution in [-0.4, -0.2) is 29.7 Å². The Hall–Kier alpha value is -3.29. The second-order valence-corrected chi connectivity index (χ2v) is 6.40. The lowest BCUT2D eigenvalue weighted by molar-refractivity contribution is 0.419. The molecule has 0 saturated heterocycles. The van der Waals surface area contributed by atoms with E-state index in [0.29, 0.717) is 17.5 Å². The number of anilines is 1. The van der Waals surface area contributed by atoms with Gasteiger partial charge in [-0.2, -0.15) is 4.98 Å². The fourth-order valence-corrected chi connectivity index (χ4v) is 2.67. The van der Waals surface area contributed by atoms with E-state index in [0.717, 1.165) is 17.0 Å². The molecule has 0 aliphatic heterocycles. The highest BCUT2D eigenvalue weighted by Gasteiger charge is 2.15. The molecule has 1 N–H and O–H groups in total. The highest BCUT2D eigenvalue weighted by atomic mass is 16.5. The maximum Gasteiger partial charge on any atom is 0.258 e. The van der Waals surface area contributed by atoms with Crippen LogP contribution < -0.4 is 5.32 Å². The molecule has 0 aliphatic rings. The normalized spacial score (nSPS) is 12.6. The maximum absolute atomic E-state index is 5.36. The minimum Gasteiger partial charge on any atom is -0.360 e. The van der Waals surface area contributed by atoms with Gasteiger partial charge < -0.3 is 9.84 Å². The summed E-state index contributed by atoms with van der Waals surface area (Å²) in [5, 5.41) is 15.8. The number of aromatic nitrogens is 6. The van der Waals surface area contributed by atoms with E-state index in [1.54, 1.807) is 6.20 Å². The minimum atomic E-state index is -0.0796. The lowest BCUT2D eigenvalue weighted by Gasteiger charge is -2.13. The van der Waals surface area contributed by atoms with Crippen molar-refractivity contribution < 1.29 is 4.52 Å². The van der Waals surface area contributed by atoms with Crippen LogP contribution in [0.1, 0.15) is 44.4 Å². The van der Waals surface area contributed by atoms with Gasteiger partial charge in [-0.05, 0) is 31.2 Å². The average molecular weight is 349 g/mol. The van der Waals surface area contributed by atoms with E-state index in [1.807, 2.05) is 61.7 Å². The van der Waals surface area contributed by atoms with E-state index >= 15 is 0 Å². The number of hydrogen-bond donors (Lipinski definition) is 1. The number of hydrogen-bond acceptors (Lipinski definition) is 7. The molecule has 8 nitrogen and oxygen atoms in total. The second-order valence-electron chi connectivity index (χ2n) is 6.40. The predicted molar refractivity (Wildman–Crippen MR) is 96.6 cm³/mol. The lowest BCUT2D eigenvalue weighted by Crippen LogP contribution is -2.11. The number of pyridine rings is 2. The molecule has 0 fully saturated rings. The minimum absolute atomic E-state index is 0.0796. The summed E-state index contributed by atoms with van der Waals surface area (Å²) in [5.74, 6) is 2.90.